The van der Waals surface area contributed by atoms with Gasteiger partial charge in [0.05, 0.1) is 12.1 Å². The number of hydrogen-bond donors (Lipinski definition) is 8. The maximum absolute atomic E-state index is 12.0. The summed E-state index contributed by atoms with van der Waals surface area (Å²) >= 11 is 0. The maximum atomic E-state index is 12.0. The van der Waals surface area contributed by atoms with Crippen LogP contribution in [0.3, 0.4) is 0 Å². The Kier molecular flexibility index (Phi) is 9.87. The summed E-state index contributed by atoms with van der Waals surface area (Å²) in [7, 11) is 0. The van der Waals surface area contributed by atoms with E-state index in [0.717, 1.165) is 27.7 Å². The smallest absolute Gasteiger partial charge is 0.335 e. The normalized spacial score (nSPS) is 35.5. The maximum Gasteiger partial charge on any atom is 0.335 e. The SMILES string of the molecule is CC(=O)N[C@@H]1[C@H](O[C@H]2[C@H](NC(C)=O)[C@@H](NC(C)=O)C(O)O[C@@H]2C(=O)O)O[C@H](C(=O)O)[C@@H](O)[C@@H]1NC(C)=O. The highest BCUT2D eigenvalue weighted by molar-refractivity contribution is 5.78. The number of ether oxygens (including phenoxy) is 3. The molecule has 17 nitrogen and oxygen atoms in total. The first-order valence-electron chi connectivity index (χ1n) is 11.0. The van der Waals surface area contributed by atoms with Gasteiger partial charge >= 0.3 is 11.9 Å². The monoisotopic (exact) mass is 534 g/mol. The fourth-order valence-corrected chi connectivity index (χ4v) is 4.20. The van der Waals surface area contributed by atoms with Gasteiger partial charge in [0.1, 0.15) is 24.3 Å². The van der Waals surface area contributed by atoms with Crippen molar-refractivity contribution in [3.63, 3.8) is 0 Å². The third kappa shape index (κ3) is 7.32. The molecule has 2 aliphatic heterocycles. The van der Waals surface area contributed by atoms with Gasteiger partial charge in [0.15, 0.2) is 24.8 Å². The highest BCUT2D eigenvalue weighted by atomic mass is 16.7. The van der Waals surface area contributed by atoms with E-state index in [1.54, 1.807) is 0 Å². The first-order valence-corrected chi connectivity index (χ1v) is 11.0. The summed E-state index contributed by atoms with van der Waals surface area (Å²) in [5.41, 5.74) is 0. The predicted molar refractivity (Wildman–Crippen MR) is 116 cm³/mol. The third-order valence-electron chi connectivity index (χ3n) is 5.53. The van der Waals surface area contributed by atoms with Crippen LogP contribution in [-0.4, -0.2) is 117 Å². The van der Waals surface area contributed by atoms with Crippen LogP contribution in [0.4, 0.5) is 0 Å². The molecule has 0 saturated carbocycles. The minimum atomic E-state index is -2.00. The number of carboxylic acids is 2. The molecule has 8 N–H and O–H groups in total. The molecule has 4 amide bonds. The summed E-state index contributed by atoms with van der Waals surface area (Å²) in [4.78, 5) is 71.1. The minimum Gasteiger partial charge on any atom is -0.479 e. The van der Waals surface area contributed by atoms with Crippen LogP contribution < -0.4 is 21.3 Å². The van der Waals surface area contributed by atoms with Crippen LogP contribution in [0.1, 0.15) is 27.7 Å². The molecule has 208 valence electrons. The first-order chi connectivity index (χ1) is 17.1. The zero-order valence-corrected chi connectivity index (χ0v) is 20.2. The van der Waals surface area contributed by atoms with Crippen molar-refractivity contribution in [2.45, 2.75) is 88.9 Å². The molecule has 0 aromatic rings. The van der Waals surface area contributed by atoms with Crippen LogP contribution in [0.25, 0.3) is 0 Å². The Labute approximate surface area is 209 Å². The van der Waals surface area contributed by atoms with Gasteiger partial charge in [-0.15, -0.1) is 0 Å². The molecule has 0 spiro atoms. The second kappa shape index (κ2) is 12.2. The number of aliphatic carboxylic acids is 2. The largest absolute Gasteiger partial charge is 0.479 e. The number of hydrogen-bond acceptors (Lipinski definition) is 11. The van der Waals surface area contributed by atoms with Gasteiger partial charge in [-0.05, 0) is 0 Å². The second-order valence-corrected chi connectivity index (χ2v) is 8.55. The molecule has 0 bridgehead atoms. The van der Waals surface area contributed by atoms with Crippen LogP contribution in [0.5, 0.6) is 0 Å². The minimum absolute atomic E-state index is 0.680. The molecular formula is C20H30N4O13. The van der Waals surface area contributed by atoms with E-state index in [9.17, 15) is 49.2 Å². The summed E-state index contributed by atoms with van der Waals surface area (Å²) in [6.45, 7) is 4.30. The van der Waals surface area contributed by atoms with Crippen molar-refractivity contribution in [1.82, 2.24) is 21.3 Å². The number of nitrogens with one attached hydrogen (secondary N) is 4. The van der Waals surface area contributed by atoms with Crippen LogP contribution >= 0.6 is 0 Å². The van der Waals surface area contributed by atoms with Crippen molar-refractivity contribution in [3.8, 4) is 0 Å². The zero-order valence-electron chi connectivity index (χ0n) is 20.2. The summed E-state index contributed by atoms with van der Waals surface area (Å²) in [6, 6.07) is -5.85. The molecule has 0 aromatic heterocycles. The lowest BCUT2D eigenvalue weighted by molar-refractivity contribution is -0.297. The molecule has 1 unspecified atom stereocenters. The molecule has 10 atom stereocenters. The molecule has 2 saturated heterocycles. The van der Waals surface area contributed by atoms with Crippen molar-refractivity contribution in [3.05, 3.63) is 0 Å². The highest BCUT2D eigenvalue weighted by Crippen LogP contribution is 2.29. The van der Waals surface area contributed by atoms with Crippen LogP contribution in [0.15, 0.2) is 0 Å². The predicted octanol–water partition coefficient (Wildman–Crippen LogP) is -4.64. The van der Waals surface area contributed by atoms with E-state index < -0.39 is 96.7 Å². The summed E-state index contributed by atoms with van der Waals surface area (Å²) in [6.07, 6.45) is -11.4. The highest BCUT2D eigenvalue weighted by Gasteiger charge is 2.55. The van der Waals surface area contributed by atoms with Crippen molar-refractivity contribution >= 4 is 35.6 Å². The first kappa shape index (κ1) is 29.8. The van der Waals surface area contributed by atoms with E-state index in [-0.39, 0.29) is 0 Å². The van der Waals surface area contributed by atoms with E-state index in [1.165, 1.54) is 0 Å². The number of aliphatic hydroxyl groups excluding tert-OH is 2. The van der Waals surface area contributed by atoms with Gasteiger partial charge in [0.2, 0.25) is 23.6 Å². The Morgan fingerprint density at radius 1 is 0.622 bits per heavy atom. The van der Waals surface area contributed by atoms with E-state index in [1.807, 2.05) is 0 Å². The fraction of sp³-hybridized carbons (Fsp3) is 0.700. The fourth-order valence-electron chi connectivity index (χ4n) is 4.20. The number of aliphatic hydroxyl groups is 2. The van der Waals surface area contributed by atoms with Crippen molar-refractivity contribution < 1.29 is 63.4 Å². The lowest BCUT2D eigenvalue weighted by Crippen LogP contribution is -2.73. The van der Waals surface area contributed by atoms with Gasteiger partial charge in [-0.2, -0.15) is 0 Å². The van der Waals surface area contributed by atoms with E-state index in [0.29, 0.717) is 0 Å². The molecule has 2 heterocycles. The van der Waals surface area contributed by atoms with Crippen LogP contribution in [-0.2, 0) is 43.0 Å². The molecular weight excluding hydrogens is 504 g/mol. The van der Waals surface area contributed by atoms with E-state index in [2.05, 4.69) is 21.3 Å². The quantitative estimate of drug-likeness (QED) is 0.146. The molecule has 0 aliphatic carbocycles. The Balaban J connectivity index is 2.58. The number of carbonyl (C=O) groups is 6. The van der Waals surface area contributed by atoms with Crippen molar-refractivity contribution in [2.24, 2.45) is 0 Å². The molecule has 0 aromatic carbocycles. The summed E-state index contributed by atoms with van der Waals surface area (Å²) < 4.78 is 16.3. The average molecular weight is 534 g/mol. The van der Waals surface area contributed by atoms with Gasteiger partial charge in [0, 0.05) is 27.7 Å². The van der Waals surface area contributed by atoms with Gasteiger partial charge < -0.3 is 55.9 Å². The Bertz CT molecular complexity index is 930. The number of carboxylic acid groups (broad SMARTS) is 2. The van der Waals surface area contributed by atoms with Gasteiger partial charge in [0.25, 0.3) is 0 Å². The standard InChI is InChI=1S/C20H30N4O13/c1-5(25)21-9-12(24-8(4)28)20(37-15(13(9)29)17(30)31)36-14-10(22-6(2)26)11(23-7(3)27)19(34)35-16(14)18(32)33/h9-16,19-20,29,34H,1-4H3,(H,21,25)(H,22,26)(H,23,27)(H,24,28)(H,30,31)(H,32,33)/t9-,10-,11-,12+,13+,14+,15+,16+,19?,20-/m1/s1. The lowest BCUT2D eigenvalue weighted by atomic mass is 9.91. The van der Waals surface area contributed by atoms with Crippen molar-refractivity contribution in [1.29, 1.82) is 0 Å². The number of carbonyl (C=O) groups excluding carboxylic acids is 4. The second-order valence-electron chi connectivity index (χ2n) is 8.55. The van der Waals surface area contributed by atoms with Crippen LogP contribution in [0, 0.1) is 0 Å². The Morgan fingerprint density at radius 2 is 1.05 bits per heavy atom. The molecule has 2 rings (SSSR count). The zero-order chi connectivity index (χ0) is 28.2. The molecule has 2 aliphatic rings. The van der Waals surface area contributed by atoms with Gasteiger partial charge in [-0.1, -0.05) is 0 Å². The molecule has 2 fully saturated rings. The third-order valence-corrected chi connectivity index (χ3v) is 5.53. The summed E-state index contributed by atoms with van der Waals surface area (Å²) in [5.74, 6) is -6.15. The van der Waals surface area contributed by atoms with Crippen LogP contribution in [0.2, 0.25) is 0 Å². The molecule has 37 heavy (non-hydrogen) atoms. The van der Waals surface area contributed by atoms with Gasteiger partial charge in [-0.3, -0.25) is 19.2 Å². The van der Waals surface area contributed by atoms with Crippen molar-refractivity contribution in [2.75, 3.05) is 0 Å². The topological polar surface area (TPSA) is 259 Å². The average Bonchev–Trinajstić information content (AvgIpc) is 2.74. The number of rotatable bonds is 8. The van der Waals surface area contributed by atoms with E-state index in [4.69, 9.17) is 14.2 Å². The molecule has 17 heteroatoms. The number of amides is 4. The Hall–Kier alpha value is -3.38. The van der Waals surface area contributed by atoms with E-state index >= 15 is 0 Å². The lowest BCUT2D eigenvalue weighted by Gasteiger charge is -2.48. The van der Waals surface area contributed by atoms with Gasteiger partial charge in [-0.25, -0.2) is 9.59 Å². The Morgan fingerprint density at radius 3 is 1.51 bits per heavy atom. The molecule has 0 radical (unpaired) electrons. The summed E-state index contributed by atoms with van der Waals surface area (Å²) in [5, 5.41) is 49.6.